The zero-order valence-electron chi connectivity index (χ0n) is 7.75. The lowest BCUT2D eigenvalue weighted by Crippen LogP contribution is -1.88. The van der Waals surface area contributed by atoms with Gasteiger partial charge in [-0.05, 0) is 11.6 Å². The summed E-state index contributed by atoms with van der Waals surface area (Å²) in [5.74, 6) is -0.363. The molecule has 0 aliphatic heterocycles. The Morgan fingerprint density at radius 1 is 1.60 bits per heavy atom. The Labute approximate surface area is 86.0 Å². The summed E-state index contributed by atoms with van der Waals surface area (Å²) in [6, 6.07) is 5.96. The van der Waals surface area contributed by atoms with Gasteiger partial charge in [0.25, 0.3) is 0 Å². The molecule has 0 saturated carbocycles. The van der Waals surface area contributed by atoms with E-state index in [0.29, 0.717) is 5.56 Å². The summed E-state index contributed by atoms with van der Waals surface area (Å²) in [4.78, 5) is 9.82. The molecule has 5 nitrogen and oxygen atoms in total. The molecule has 0 aliphatic rings. The first-order valence-corrected chi connectivity index (χ1v) is 4.16. The van der Waals surface area contributed by atoms with E-state index in [0.717, 1.165) is 0 Å². The zero-order valence-corrected chi connectivity index (χ0v) is 7.75. The third kappa shape index (κ3) is 2.81. The molecule has 0 amide bonds. The first kappa shape index (κ1) is 10.7. The molecule has 1 rings (SSSR count). The first-order chi connectivity index (χ1) is 7.15. The highest BCUT2D eigenvalue weighted by atomic mass is 16.6. The van der Waals surface area contributed by atoms with Crippen LogP contribution in [-0.4, -0.2) is 10.0 Å². The molecule has 1 aromatic carbocycles. The van der Waals surface area contributed by atoms with E-state index in [1.807, 2.05) is 6.07 Å². The second kappa shape index (κ2) is 4.77. The van der Waals surface area contributed by atoms with Crippen molar-refractivity contribution in [1.29, 1.82) is 5.26 Å². The van der Waals surface area contributed by atoms with Crippen molar-refractivity contribution in [1.82, 2.24) is 0 Å². The summed E-state index contributed by atoms with van der Waals surface area (Å²) < 4.78 is 0. The van der Waals surface area contributed by atoms with Gasteiger partial charge in [0.05, 0.1) is 17.4 Å². The minimum Gasteiger partial charge on any atom is -0.502 e. The van der Waals surface area contributed by atoms with Crippen LogP contribution in [0.25, 0.3) is 6.08 Å². The van der Waals surface area contributed by atoms with E-state index in [2.05, 4.69) is 0 Å². The Kier molecular flexibility index (Phi) is 3.41. The number of hydrogen-bond donors (Lipinski definition) is 1. The Hall–Kier alpha value is -2.35. The van der Waals surface area contributed by atoms with Crippen molar-refractivity contribution in [2.45, 2.75) is 6.42 Å². The minimum absolute atomic E-state index is 0.245. The molecule has 0 atom stereocenters. The van der Waals surface area contributed by atoms with Gasteiger partial charge in [-0.2, -0.15) is 5.26 Å². The van der Waals surface area contributed by atoms with Gasteiger partial charge in [-0.3, -0.25) is 10.1 Å². The maximum Gasteiger partial charge on any atom is 0.311 e. The molecule has 0 spiro atoms. The molecule has 1 N–H and O–H groups in total. The molecule has 0 radical (unpaired) electrons. The Morgan fingerprint density at radius 3 is 2.93 bits per heavy atom. The summed E-state index contributed by atoms with van der Waals surface area (Å²) in [5, 5.41) is 27.9. The van der Waals surface area contributed by atoms with Gasteiger partial charge in [-0.25, -0.2) is 0 Å². The highest BCUT2D eigenvalue weighted by Crippen LogP contribution is 2.26. The number of benzene rings is 1. The SMILES string of the molecule is N#CCC=Cc1ccc(O)c([N+](=O)[O-])c1. The zero-order chi connectivity index (χ0) is 11.3. The standard InChI is InChI=1S/C10H8N2O3/c11-6-2-1-3-8-4-5-10(13)9(7-8)12(14)15/h1,3-5,7,13H,2H2. The number of aromatic hydroxyl groups is 1. The highest BCUT2D eigenvalue weighted by Gasteiger charge is 2.12. The van der Waals surface area contributed by atoms with Gasteiger partial charge < -0.3 is 5.11 Å². The maximum absolute atomic E-state index is 10.5. The number of nitro groups is 1. The quantitative estimate of drug-likeness (QED) is 0.604. The predicted molar refractivity (Wildman–Crippen MR) is 54.0 cm³/mol. The van der Waals surface area contributed by atoms with Crippen LogP contribution in [0.4, 0.5) is 5.69 Å². The van der Waals surface area contributed by atoms with E-state index in [4.69, 9.17) is 10.4 Å². The first-order valence-electron chi connectivity index (χ1n) is 4.16. The number of rotatable bonds is 3. The second-order valence-electron chi connectivity index (χ2n) is 2.77. The largest absolute Gasteiger partial charge is 0.502 e. The summed E-state index contributed by atoms with van der Waals surface area (Å²) in [6.45, 7) is 0. The lowest BCUT2D eigenvalue weighted by Gasteiger charge is -1.97. The van der Waals surface area contributed by atoms with Crippen LogP contribution in [0, 0.1) is 21.4 Å². The normalized spacial score (nSPS) is 10.1. The van der Waals surface area contributed by atoms with Crippen molar-refractivity contribution in [3.63, 3.8) is 0 Å². The number of phenolic OH excluding ortho intramolecular Hbond substituents is 1. The molecule has 0 bridgehead atoms. The maximum atomic E-state index is 10.5. The van der Waals surface area contributed by atoms with Crippen LogP contribution in [0.15, 0.2) is 24.3 Å². The fraction of sp³-hybridized carbons (Fsp3) is 0.100. The molecule has 0 aromatic heterocycles. The Morgan fingerprint density at radius 2 is 2.33 bits per heavy atom. The molecule has 0 heterocycles. The topological polar surface area (TPSA) is 87.2 Å². The van der Waals surface area contributed by atoms with Gasteiger partial charge in [-0.15, -0.1) is 0 Å². The number of nitro benzene ring substituents is 1. The molecule has 5 heteroatoms. The van der Waals surface area contributed by atoms with Crippen LogP contribution < -0.4 is 0 Å². The molecule has 0 fully saturated rings. The van der Waals surface area contributed by atoms with Gasteiger partial charge in [-0.1, -0.05) is 18.2 Å². The molecule has 0 saturated heterocycles. The van der Waals surface area contributed by atoms with Gasteiger partial charge in [0.1, 0.15) is 0 Å². The van der Waals surface area contributed by atoms with Crippen LogP contribution in [0.5, 0.6) is 5.75 Å². The second-order valence-corrected chi connectivity index (χ2v) is 2.77. The van der Waals surface area contributed by atoms with Crippen molar-refractivity contribution in [2.75, 3.05) is 0 Å². The molecule has 0 unspecified atom stereocenters. The van der Waals surface area contributed by atoms with E-state index in [-0.39, 0.29) is 17.9 Å². The lowest BCUT2D eigenvalue weighted by molar-refractivity contribution is -0.385. The fourth-order valence-corrected chi connectivity index (χ4v) is 1.04. The average molecular weight is 204 g/mol. The summed E-state index contributed by atoms with van der Waals surface area (Å²) >= 11 is 0. The van der Waals surface area contributed by atoms with Crippen molar-refractivity contribution in [3.8, 4) is 11.8 Å². The number of nitrogens with zero attached hydrogens (tertiary/aromatic N) is 2. The van der Waals surface area contributed by atoms with Crippen LogP contribution in [-0.2, 0) is 0 Å². The summed E-state index contributed by atoms with van der Waals surface area (Å²) in [5.41, 5.74) is 0.240. The third-order valence-electron chi connectivity index (χ3n) is 1.72. The smallest absolute Gasteiger partial charge is 0.311 e. The number of phenols is 1. The van der Waals surface area contributed by atoms with Crippen LogP contribution in [0.1, 0.15) is 12.0 Å². The molecule has 0 aliphatic carbocycles. The summed E-state index contributed by atoms with van der Waals surface area (Å²) in [6.07, 6.45) is 3.43. The van der Waals surface area contributed by atoms with E-state index in [1.54, 1.807) is 12.2 Å². The van der Waals surface area contributed by atoms with Gasteiger partial charge in [0, 0.05) is 6.07 Å². The number of nitriles is 1. The minimum atomic E-state index is -0.656. The van der Waals surface area contributed by atoms with E-state index < -0.39 is 4.92 Å². The number of allylic oxidation sites excluding steroid dienone is 1. The molecular formula is C10H8N2O3. The van der Waals surface area contributed by atoms with Crippen molar-refractivity contribution in [2.24, 2.45) is 0 Å². The molecule has 1 aromatic rings. The van der Waals surface area contributed by atoms with Gasteiger partial charge in [0.2, 0.25) is 0 Å². The molecular weight excluding hydrogens is 196 g/mol. The van der Waals surface area contributed by atoms with Crippen LogP contribution in [0.3, 0.4) is 0 Å². The van der Waals surface area contributed by atoms with Gasteiger partial charge >= 0.3 is 5.69 Å². The fourth-order valence-electron chi connectivity index (χ4n) is 1.04. The van der Waals surface area contributed by atoms with Crippen LogP contribution in [0.2, 0.25) is 0 Å². The van der Waals surface area contributed by atoms with E-state index >= 15 is 0 Å². The number of hydrogen-bond acceptors (Lipinski definition) is 4. The molecule has 15 heavy (non-hydrogen) atoms. The van der Waals surface area contributed by atoms with E-state index in [9.17, 15) is 10.1 Å². The predicted octanol–water partition coefficient (Wildman–Crippen LogP) is 2.23. The van der Waals surface area contributed by atoms with E-state index in [1.165, 1.54) is 18.2 Å². The lowest BCUT2D eigenvalue weighted by atomic mass is 10.1. The van der Waals surface area contributed by atoms with Crippen molar-refractivity contribution < 1.29 is 10.0 Å². The average Bonchev–Trinajstić information content (AvgIpc) is 2.20. The van der Waals surface area contributed by atoms with Crippen LogP contribution >= 0.6 is 0 Å². The Bertz CT molecular complexity index is 446. The summed E-state index contributed by atoms with van der Waals surface area (Å²) in [7, 11) is 0. The monoisotopic (exact) mass is 204 g/mol. The van der Waals surface area contributed by atoms with Crippen molar-refractivity contribution >= 4 is 11.8 Å². The Balaban J connectivity index is 2.98. The highest BCUT2D eigenvalue weighted by molar-refractivity contribution is 5.58. The van der Waals surface area contributed by atoms with Crippen molar-refractivity contribution in [3.05, 3.63) is 40.0 Å². The van der Waals surface area contributed by atoms with Gasteiger partial charge in [0.15, 0.2) is 5.75 Å². The third-order valence-corrected chi connectivity index (χ3v) is 1.72. The molecule has 76 valence electrons.